The van der Waals surface area contributed by atoms with Crippen LogP contribution in [0.2, 0.25) is 0 Å². The van der Waals surface area contributed by atoms with Crippen molar-refractivity contribution in [3.05, 3.63) is 41.3 Å². The Morgan fingerprint density at radius 2 is 2.13 bits per heavy atom. The molecule has 0 aliphatic heterocycles. The lowest BCUT2D eigenvalue weighted by Crippen LogP contribution is -2.12. The number of hydrogen-bond acceptors (Lipinski definition) is 3. The van der Waals surface area contributed by atoms with Gasteiger partial charge in [0.2, 0.25) is 0 Å². The Balaban J connectivity index is 2.39. The first-order valence-corrected chi connectivity index (χ1v) is 4.92. The molecule has 0 saturated heterocycles. The predicted molar refractivity (Wildman–Crippen MR) is 56.5 cm³/mol. The van der Waals surface area contributed by atoms with Gasteiger partial charge in [-0.25, -0.2) is 4.79 Å². The Kier molecular flexibility index (Phi) is 2.67. The van der Waals surface area contributed by atoms with Crippen LogP contribution in [-0.4, -0.2) is 9.55 Å². The van der Waals surface area contributed by atoms with Crippen LogP contribution >= 0.6 is 0 Å². The minimum absolute atomic E-state index is 0.302. The second-order valence-corrected chi connectivity index (χ2v) is 3.29. The van der Waals surface area contributed by atoms with Crippen molar-refractivity contribution in [2.45, 2.75) is 19.9 Å². The number of nitrogens with zero attached hydrogens (tertiary/aromatic N) is 2. The number of hydrogen-bond donors (Lipinski definition) is 0. The van der Waals surface area contributed by atoms with E-state index in [2.05, 4.69) is 4.98 Å². The molecular weight excluding hydrogens is 192 g/mol. The summed E-state index contributed by atoms with van der Waals surface area (Å²) in [4.78, 5) is 15.3. The van der Waals surface area contributed by atoms with Crippen molar-refractivity contribution < 1.29 is 4.42 Å². The minimum atomic E-state index is -0.302. The van der Waals surface area contributed by atoms with E-state index in [0.717, 1.165) is 12.0 Å². The molecule has 2 heterocycles. The monoisotopic (exact) mass is 204 g/mol. The molecule has 0 aliphatic carbocycles. The number of rotatable bonds is 3. The number of pyridine rings is 1. The molecule has 4 heteroatoms. The van der Waals surface area contributed by atoms with E-state index in [1.165, 1.54) is 0 Å². The van der Waals surface area contributed by atoms with Crippen LogP contribution in [0.1, 0.15) is 13.3 Å². The molecule has 0 atom stereocenters. The first-order chi connectivity index (χ1) is 7.31. The first-order valence-electron chi connectivity index (χ1n) is 4.92. The van der Waals surface area contributed by atoms with Crippen molar-refractivity contribution in [2.75, 3.05) is 0 Å². The molecule has 0 saturated carbocycles. The lowest BCUT2D eigenvalue weighted by atomic mass is 10.2. The second kappa shape index (κ2) is 4.13. The van der Waals surface area contributed by atoms with Crippen LogP contribution in [0.4, 0.5) is 0 Å². The molecule has 0 spiro atoms. The van der Waals surface area contributed by atoms with Crippen LogP contribution < -0.4 is 5.76 Å². The summed E-state index contributed by atoms with van der Waals surface area (Å²) in [6, 6.07) is 3.63. The van der Waals surface area contributed by atoms with Crippen molar-refractivity contribution in [3.63, 3.8) is 0 Å². The molecule has 0 amide bonds. The predicted octanol–water partition coefficient (Wildman–Crippen LogP) is 1.91. The molecule has 0 bridgehead atoms. The van der Waals surface area contributed by atoms with Gasteiger partial charge >= 0.3 is 5.76 Å². The summed E-state index contributed by atoms with van der Waals surface area (Å²) in [5.41, 5.74) is 0.872. The molecule has 0 unspecified atom stereocenters. The van der Waals surface area contributed by atoms with Gasteiger partial charge < -0.3 is 4.42 Å². The van der Waals surface area contributed by atoms with E-state index in [9.17, 15) is 4.79 Å². The zero-order valence-electron chi connectivity index (χ0n) is 8.51. The fourth-order valence-electron chi connectivity index (χ4n) is 1.42. The molecule has 4 nitrogen and oxygen atoms in total. The summed E-state index contributed by atoms with van der Waals surface area (Å²) >= 11 is 0. The molecule has 2 aromatic rings. The highest BCUT2D eigenvalue weighted by Gasteiger charge is 2.06. The zero-order chi connectivity index (χ0) is 10.7. The Labute approximate surface area is 87.2 Å². The van der Waals surface area contributed by atoms with E-state index in [-0.39, 0.29) is 5.76 Å². The SMILES string of the molecule is CCCn1cc(-c2ccncc2)oc1=O. The Hall–Kier alpha value is -1.84. The minimum Gasteiger partial charge on any atom is -0.408 e. The average Bonchev–Trinajstić information content (AvgIpc) is 2.63. The third-order valence-corrected chi connectivity index (χ3v) is 2.13. The van der Waals surface area contributed by atoms with Gasteiger partial charge in [-0.3, -0.25) is 9.55 Å². The molecule has 2 rings (SSSR count). The summed E-state index contributed by atoms with van der Waals surface area (Å²) in [7, 11) is 0. The lowest BCUT2D eigenvalue weighted by molar-refractivity contribution is 0.484. The molecule has 2 aromatic heterocycles. The molecule has 15 heavy (non-hydrogen) atoms. The Morgan fingerprint density at radius 3 is 2.80 bits per heavy atom. The topological polar surface area (TPSA) is 48.0 Å². The van der Waals surface area contributed by atoms with E-state index in [4.69, 9.17) is 4.42 Å². The summed E-state index contributed by atoms with van der Waals surface area (Å²) in [5.74, 6) is 0.291. The molecule has 0 aromatic carbocycles. The summed E-state index contributed by atoms with van der Waals surface area (Å²) in [6.45, 7) is 2.71. The van der Waals surface area contributed by atoms with Crippen molar-refractivity contribution in [1.82, 2.24) is 9.55 Å². The molecule has 0 N–H and O–H groups in total. The van der Waals surface area contributed by atoms with Crippen LogP contribution in [0.3, 0.4) is 0 Å². The van der Waals surface area contributed by atoms with Gasteiger partial charge in [-0.1, -0.05) is 6.92 Å². The van der Waals surface area contributed by atoms with Gasteiger partial charge in [-0.05, 0) is 18.6 Å². The molecule has 0 radical (unpaired) electrons. The lowest BCUT2D eigenvalue weighted by Gasteiger charge is -1.93. The van der Waals surface area contributed by atoms with E-state index in [1.54, 1.807) is 23.2 Å². The van der Waals surface area contributed by atoms with Crippen molar-refractivity contribution in [1.29, 1.82) is 0 Å². The number of aromatic nitrogens is 2. The van der Waals surface area contributed by atoms with Gasteiger partial charge in [0.1, 0.15) is 0 Å². The summed E-state index contributed by atoms with van der Waals surface area (Å²) < 4.78 is 6.71. The maximum Gasteiger partial charge on any atom is 0.419 e. The van der Waals surface area contributed by atoms with Gasteiger partial charge in [-0.15, -0.1) is 0 Å². The third-order valence-electron chi connectivity index (χ3n) is 2.13. The van der Waals surface area contributed by atoms with Crippen LogP contribution in [0.15, 0.2) is 39.9 Å². The van der Waals surface area contributed by atoms with E-state index in [1.807, 2.05) is 19.1 Å². The van der Waals surface area contributed by atoms with Crippen LogP contribution in [-0.2, 0) is 6.54 Å². The molecule has 0 fully saturated rings. The average molecular weight is 204 g/mol. The maximum absolute atomic E-state index is 11.4. The highest BCUT2D eigenvalue weighted by Crippen LogP contribution is 2.16. The normalized spacial score (nSPS) is 10.5. The van der Waals surface area contributed by atoms with Gasteiger partial charge in [0.25, 0.3) is 0 Å². The second-order valence-electron chi connectivity index (χ2n) is 3.29. The van der Waals surface area contributed by atoms with Gasteiger partial charge in [0.05, 0.1) is 6.20 Å². The van der Waals surface area contributed by atoms with Gasteiger partial charge in [0.15, 0.2) is 5.76 Å². The van der Waals surface area contributed by atoms with E-state index < -0.39 is 0 Å². The molecule has 0 aliphatic rings. The number of aryl methyl sites for hydroxylation is 1. The smallest absolute Gasteiger partial charge is 0.408 e. The highest BCUT2D eigenvalue weighted by molar-refractivity contribution is 5.54. The van der Waals surface area contributed by atoms with E-state index in [0.29, 0.717) is 12.3 Å². The summed E-state index contributed by atoms with van der Waals surface area (Å²) in [6.07, 6.45) is 6.00. The fourth-order valence-corrected chi connectivity index (χ4v) is 1.42. The largest absolute Gasteiger partial charge is 0.419 e. The Bertz CT molecular complexity index is 485. The molecule has 78 valence electrons. The zero-order valence-corrected chi connectivity index (χ0v) is 8.51. The van der Waals surface area contributed by atoms with Crippen LogP contribution in [0.25, 0.3) is 11.3 Å². The fraction of sp³-hybridized carbons (Fsp3) is 0.273. The third kappa shape index (κ3) is 1.98. The number of oxazole rings is 1. The van der Waals surface area contributed by atoms with Crippen LogP contribution in [0, 0.1) is 0 Å². The quantitative estimate of drug-likeness (QED) is 0.767. The van der Waals surface area contributed by atoms with E-state index >= 15 is 0 Å². The summed E-state index contributed by atoms with van der Waals surface area (Å²) in [5, 5.41) is 0. The van der Waals surface area contributed by atoms with Gasteiger partial charge in [-0.2, -0.15) is 0 Å². The van der Waals surface area contributed by atoms with Crippen molar-refractivity contribution in [3.8, 4) is 11.3 Å². The first kappa shape index (κ1) is 9.71. The maximum atomic E-state index is 11.4. The van der Waals surface area contributed by atoms with Crippen molar-refractivity contribution in [2.24, 2.45) is 0 Å². The van der Waals surface area contributed by atoms with Crippen molar-refractivity contribution >= 4 is 0 Å². The highest BCUT2D eigenvalue weighted by atomic mass is 16.4. The Morgan fingerprint density at radius 1 is 1.40 bits per heavy atom. The standard InChI is InChI=1S/C11H12N2O2/c1-2-7-13-8-10(15-11(13)14)9-3-5-12-6-4-9/h3-6,8H,2,7H2,1H3. The van der Waals surface area contributed by atoms with Gasteiger partial charge in [0, 0.05) is 24.5 Å². The molecular formula is C11H12N2O2. The van der Waals surface area contributed by atoms with Crippen LogP contribution in [0.5, 0.6) is 0 Å².